The quantitative estimate of drug-likeness (QED) is 0.777. The molecule has 0 aliphatic rings. The zero-order valence-corrected chi connectivity index (χ0v) is 9.46. The summed E-state index contributed by atoms with van der Waals surface area (Å²) in [7, 11) is 0. The summed E-state index contributed by atoms with van der Waals surface area (Å²) in [6.07, 6.45) is 0. The Hall–Kier alpha value is -1.29. The van der Waals surface area contributed by atoms with Gasteiger partial charge in [-0.3, -0.25) is 4.79 Å². The molecular weight excluding hydrogens is 192 g/mol. The fourth-order valence-corrected chi connectivity index (χ4v) is 1.29. The van der Waals surface area contributed by atoms with Crippen molar-refractivity contribution in [3.8, 4) is 0 Å². The summed E-state index contributed by atoms with van der Waals surface area (Å²) in [6, 6.07) is 3.69. The Balaban J connectivity index is 2.77. The van der Waals surface area contributed by atoms with Crippen LogP contribution in [0.4, 0.5) is 0 Å². The van der Waals surface area contributed by atoms with E-state index in [1.165, 1.54) is 0 Å². The SMILES string of the molecule is Cc1ccc(C(C)(C)C(=O)NCCN)o1. The van der Waals surface area contributed by atoms with Gasteiger partial charge >= 0.3 is 0 Å². The molecule has 84 valence electrons. The highest BCUT2D eigenvalue weighted by Gasteiger charge is 2.32. The largest absolute Gasteiger partial charge is 0.465 e. The highest BCUT2D eigenvalue weighted by Crippen LogP contribution is 2.25. The Bertz CT molecular complexity index is 342. The maximum atomic E-state index is 11.8. The molecule has 1 amide bonds. The summed E-state index contributed by atoms with van der Waals surface area (Å²) in [5, 5.41) is 2.76. The fourth-order valence-electron chi connectivity index (χ4n) is 1.29. The molecule has 1 aromatic rings. The molecule has 4 nitrogen and oxygen atoms in total. The minimum Gasteiger partial charge on any atom is -0.465 e. The molecule has 15 heavy (non-hydrogen) atoms. The minimum absolute atomic E-state index is 0.0673. The van der Waals surface area contributed by atoms with Crippen LogP contribution in [0.5, 0.6) is 0 Å². The molecular formula is C11H18N2O2. The smallest absolute Gasteiger partial charge is 0.233 e. The molecule has 0 atom stereocenters. The van der Waals surface area contributed by atoms with Gasteiger partial charge in [-0.15, -0.1) is 0 Å². The number of carbonyl (C=O) groups excluding carboxylic acids is 1. The summed E-state index contributed by atoms with van der Waals surface area (Å²) >= 11 is 0. The van der Waals surface area contributed by atoms with Gasteiger partial charge in [-0.05, 0) is 32.9 Å². The van der Waals surface area contributed by atoms with E-state index in [1.54, 1.807) is 0 Å². The Morgan fingerprint density at radius 1 is 1.53 bits per heavy atom. The van der Waals surface area contributed by atoms with E-state index in [4.69, 9.17) is 10.2 Å². The number of carbonyl (C=O) groups is 1. The molecule has 0 spiro atoms. The van der Waals surface area contributed by atoms with Gasteiger partial charge in [0.2, 0.25) is 5.91 Å². The van der Waals surface area contributed by atoms with Gasteiger partial charge in [0.25, 0.3) is 0 Å². The zero-order chi connectivity index (χ0) is 11.5. The summed E-state index contributed by atoms with van der Waals surface area (Å²) < 4.78 is 5.46. The standard InChI is InChI=1S/C11H18N2O2/c1-8-4-5-9(15-8)11(2,3)10(14)13-7-6-12/h4-5H,6-7,12H2,1-3H3,(H,13,14). The summed E-state index contributed by atoms with van der Waals surface area (Å²) in [4.78, 5) is 11.8. The second-order valence-electron chi connectivity index (χ2n) is 4.08. The predicted molar refractivity (Wildman–Crippen MR) is 58.5 cm³/mol. The van der Waals surface area contributed by atoms with E-state index in [2.05, 4.69) is 5.32 Å². The number of hydrogen-bond acceptors (Lipinski definition) is 3. The van der Waals surface area contributed by atoms with Crippen LogP contribution >= 0.6 is 0 Å². The molecule has 4 heteroatoms. The summed E-state index contributed by atoms with van der Waals surface area (Å²) in [5.74, 6) is 1.42. The molecule has 0 radical (unpaired) electrons. The average molecular weight is 210 g/mol. The number of furan rings is 1. The normalized spacial score (nSPS) is 11.5. The van der Waals surface area contributed by atoms with Crippen molar-refractivity contribution in [2.75, 3.05) is 13.1 Å². The van der Waals surface area contributed by atoms with Crippen LogP contribution in [-0.2, 0) is 10.2 Å². The molecule has 0 unspecified atom stereocenters. The third-order valence-corrected chi connectivity index (χ3v) is 2.35. The lowest BCUT2D eigenvalue weighted by Gasteiger charge is -2.20. The molecule has 0 aromatic carbocycles. The van der Waals surface area contributed by atoms with Gasteiger partial charge in [0.1, 0.15) is 16.9 Å². The van der Waals surface area contributed by atoms with Crippen LogP contribution in [-0.4, -0.2) is 19.0 Å². The van der Waals surface area contributed by atoms with Crippen molar-refractivity contribution in [2.45, 2.75) is 26.2 Å². The number of hydrogen-bond donors (Lipinski definition) is 2. The first-order chi connectivity index (χ1) is 6.98. The highest BCUT2D eigenvalue weighted by atomic mass is 16.3. The molecule has 0 aliphatic heterocycles. The molecule has 1 rings (SSSR count). The topological polar surface area (TPSA) is 68.3 Å². The number of amides is 1. The third-order valence-electron chi connectivity index (χ3n) is 2.35. The lowest BCUT2D eigenvalue weighted by molar-refractivity contribution is -0.126. The van der Waals surface area contributed by atoms with Crippen molar-refractivity contribution in [3.63, 3.8) is 0 Å². The molecule has 0 saturated heterocycles. The van der Waals surface area contributed by atoms with Crippen molar-refractivity contribution in [1.82, 2.24) is 5.32 Å². The lowest BCUT2D eigenvalue weighted by Crippen LogP contribution is -2.41. The van der Waals surface area contributed by atoms with Gasteiger partial charge in [0.05, 0.1) is 0 Å². The zero-order valence-electron chi connectivity index (χ0n) is 9.46. The van der Waals surface area contributed by atoms with Crippen molar-refractivity contribution >= 4 is 5.91 Å². The van der Waals surface area contributed by atoms with Crippen molar-refractivity contribution in [3.05, 3.63) is 23.7 Å². The lowest BCUT2D eigenvalue weighted by atomic mass is 9.89. The van der Waals surface area contributed by atoms with E-state index < -0.39 is 5.41 Å². The van der Waals surface area contributed by atoms with Crippen LogP contribution < -0.4 is 11.1 Å². The first kappa shape index (κ1) is 11.8. The summed E-state index contributed by atoms with van der Waals surface area (Å²) in [6.45, 7) is 6.45. The second-order valence-corrected chi connectivity index (χ2v) is 4.08. The summed E-state index contributed by atoms with van der Waals surface area (Å²) in [5.41, 5.74) is 4.68. The Morgan fingerprint density at radius 2 is 2.20 bits per heavy atom. The molecule has 0 bridgehead atoms. The second kappa shape index (κ2) is 4.49. The molecule has 1 aromatic heterocycles. The highest BCUT2D eigenvalue weighted by molar-refractivity contribution is 5.86. The van der Waals surface area contributed by atoms with Crippen LogP contribution in [0.25, 0.3) is 0 Å². The van der Waals surface area contributed by atoms with Crippen LogP contribution in [0.2, 0.25) is 0 Å². The maximum Gasteiger partial charge on any atom is 0.233 e. The predicted octanol–water partition coefficient (Wildman–Crippen LogP) is 0.941. The molecule has 1 heterocycles. The molecule has 0 saturated carbocycles. The van der Waals surface area contributed by atoms with Gasteiger partial charge in [0, 0.05) is 13.1 Å². The Morgan fingerprint density at radius 3 is 2.67 bits per heavy atom. The minimum atomic E-state index is -0.649. The van der Waals surface area contributed by atoms with Gasteiger partial charge in [-0.25, -0.2) is 0 Å². The van der Waals surface area contributed by atoms with Crippen LogP contribution in [0.1, 0.15) is 25.4 Å². The van der Waals surface area contributed by atoms with Crippen molar-refractivity contribution < 1.29 is 9.21 Å². The van der Waals surface area contributed by atoms with E-state index in [1.807, 2.05) is 32.9 Å². The number of nitrogens with two attached hydrogens (primary N) is 1. The van der Waals surface area contributed by atoms with Crippen molar-refractivity contribution in [2.24, 2.45) is 5.73 Å². The van der Waals surface area contributed by atoms with E-state index in [-0.39, 0.29) is 5.91 Å². The van der Waals surface area contributed by atoms with Crippen LogP contribution in [0.15, 0.2) is 16.5 Å². The molecule has 0 aliphatic carbocycles. The van der Waals surface area contributed by atoms with E-state index in [0.717, 1.165) is 5.76 Å². The van der Waals surface area contributed by atoms with Crippen LogP contribution in [0.3, 0.4) is 0 Å². The van der Waals surface area contributed by atoms with Gasteiger partial charge in [0.15, 0.2) is 0 Å². The fraction of sp³-hybridized carbons (Fsp3) is 0.545. The van der Waals surface area contributed by atoms with E-state index in [9.17, 15) is 4.79 Å². The monoisotopic (exact) mass is 210 g/mol. The first-order valence-corrected chi connectivity index (χ1v) is 5.03. The maximum absolute atomic E-state index is 11.8. The third kappa shape index (κ3) is 2.59. The Kier molecular flexibility index (Phi) is 3.52. The first-order valence-electron chi connectivity index (χ1n) is 5.03. The molecule has 0 fully saturated rings. The van der Waals surface area contributed by atoms with E-state index >= 15 is 0 Å². The average Bonchev–Trinajstić information content (AvgIpc) is 2.61. The number of nitrogens with one attached hydrogen (secondary N) is 1. The number of aryl methyl sites for hydroxylation is 1. The van der Waals surface area contributed by atoms with Gasteiger partial charge < -0.3 is 15.5 Å². The Labute approximate surface area is 89.8 Å². The van der Waals surface area contributed by atoms with Gasteiger partial charge in [-0.1, -0.05) is 0 Å². The van der Waals surface area contributed by atoms with Crippen molar-refractivity contribution in [1.29, 1.82) is 0 Å². The number of rotatable bonds is 4. The van der Waals surface area contributed by atoms with Crippen LogP contribution in [0, 0.1) is 6.92 Å². The van der Waals surface area contributed by atoms with E-state index in [0.29, 0.717) is 18.8 Å². The van der Waals surface area contributed by atoms with Gasteiger partial charge in [-0.2, -0.15) is 0 Å². The molecule has 3 N–H and O–H groups in total.